The third kappa shape index (κ3) is 2.32. The Morgan fingerprint density at radius 3 is 2.38 bits per heavy atom. The van der Waals surface area contributed by atoms with Gasteiger partial charge < -0.3 is 34.4 Å². The molecule has 0 spiro atoms. The first-order valence-electron chi connectivity index (χ1n) is 2.21. The smallest absolute Gasteiger partial charge is 0.248 e. The molecule has 1 unspecified atom stereocenters. The Morgan fingerprint density at radius 2 is 2.12 bits per heavy atom. The van der Waals surface area contributed by atoms with Gasteiger partial charge in [0.1, 0.15) is 0 Å². The van der Waals surface area contributed by atoms with Gasteiger partial charge in [0.05, 0.1) is 6.26 Å². The molecule has 8 heavy (non-hydrogen) atoms. The Labute approximate surface area is 65.4 Å². The zero-order chi connectivity index (χ0) is 5.11. The normalized spacial score (nSPS) is 23.9. The highest BCUT2D eigenvalue weighted by Crippen LogP contribution is 1.91. The molecule has 2 nitrogen and oxygen atoms in total. The van der Waals surface area contributed by atoms with Crippen LogP contribution in [0.5, 0.6) is 0 Å². The summed E-state index contributed by atoms with van der Waals surface area (Å²) in [6.45, 7) is 0. The lowest BCUT2D eigenvalue weighted by Crippen LogP contribution is -3.00. The van der Waals surface area contributed by atoms with Crippen LogP contribution < -0.4 is 29.7 Å². The van der Waals surface area contributed by atoms with E-state index in [2.05, 4.69) is 5.73 Å². The number of ether oxygens (including phenoxy) is 1. The van der Waals surface area contributed by atoms with Crippen molar-refractivity contribution >= 4 is 0 Å². The molecule has 0 saturated heterocycles. The molecule has 0 aromatic heterocycles. The average molecular weight is 225 g/mol. The molecule has 0 bridgehead atoms. The zero-order valence-corrected chi connectivity index (χ0v) is 6.54. The lowest BCUT2D eigenvalue weighted by Gasteiger charge is -2.03. The average Bonchev–Trinajstić information content (AvgIpc) is 1.69. The maximum atomic E-state index is 4.90. The molecular weight excluding hydrogens is 217 g/mol. The zero-order valence-electron chi connectivity index (χ0n) is 4.38. The van der Waals surface area contributed by atoms with E-state index in [1.54, 1.807) is 6.26 Å². The fourth-order valence-electron chi connectivity index (χ4n) is 0.425. The maximum Gasteiger partial charge on any atom is 0.248 e. The number of hydrogen-bond donors (Lipinski definition) is 1. The molecule has 0 amide bonds. The SMILES string of the molecule is [I-].[NH3+]C1C=CC=CO1. The summed E-state index contributed by atoms with van der Waals surface area (Å²) in [7, 11) is 0. The fourth-order valence-corrected chi connectivity index (χ4v) is 0.425. The first-order valence-corrected chi connectivity index (χ1v) is 2.21. The van der Waals surface area contributed by atoms with Crippen LogP contribution in [0.4, 0.5) is 0 Å². The van der Waals surface area contributed by atoms with Crippen molar-refractivity contribution < 1.29 is 34.4 Å². The van der Waals surface area contributed by atoms with Crippen molar-refractivity contribution in [2.24, 2.45) is 0 Å². The Balaban J connectivity index is 0.000000490. The summed E-state index contributed by atoms with van der Waals surface area (Å²) in [5, 5.41) is 0. The Kier molecular flexibility index (Phi) is 3.90. The fraction of sp³-hybridized carbons (Fsp3) is 0.200. The van der Waals surface area contributed by atoms with E-state index in [-0.39, 0.29) is 30.2 Å². The van der Waals surface area contributed by atoms with Gasteiger partial charge in [-0.2, -0.15) is 0 Å². The predicted octanol–water partition coefficient (Wildman–Crippen LogP) is -3.34. The van der Waals surface area contributed by atoms with Gasteiger partial charge in [-0.15, -0.1) is 0 Å². The number of allylic oxidation sites excluding steroid dienone is 2. The Hall–Kier alpha value is -0.0300. The van der Waals surface area contributed by atoms with E-state index in [1.165, 1.54) is 0 Å². The highest BCUT2D eigenvalue weighted by Gasteiger charge is 1.97. The van der Waals surface area contributed by atoms with Crippen molar-refractivity contribution in [3.05, 3.63) is 24.5 Å². The minimum atomic E-state index is 0. The molecule has 46 valence electrons. The summed E-state index contributed by atoms with van der Waals surface area (Å²) in [5.74, 6) is 0. The highest BCUT2D eigenvalue weighted by atomic mass is 127. The van der Waals surface area contributed by atoms with Gasteiger partial charge >= 0.3 is 0 Å². The monoisotopic (exact) mass is 225 g/mol. The second kappa shape index (κ2) is 3.91. The van der Waals surface area contributed by atoms with Gasteiger partial charge in [0.15, 0.2) is 0 Å². The Bertz CT molecular complexity index is 111. The van der Waals surface area contributed by atoms with Gasteiger partial charge in [-0.3, -0.25) is 0 Å². The number of quaternary nitrogens is 1. The third-order valence-corrected chi connectivity index (χ3v) is 0.769. The van der Waals surface area contributed by atoms with E-state index in [0.29, 0.717) is 0 Å². The van der Waals surface area contributed by atoms with Crippen LogP contribution in [-0.2, 0) is 4.74 Å². The van der Waals surface area contributed by atoms with Gasteiger partial charge in [-0.25, -0.2) is 0 Å². The highest BCUT2D eigenvalue weighted by molar-refractivity contribution is 5.04. The quantitative estimate of drug-likeness (QED) is 0.430. The lowest BCUT2D eigenvalue weighted by atomic mass is 10.4. The topological polar surface area (TPSA) is 36.9 Å². The van der Waals surface area contributed by atoms with E-state index in [9.17, 15) is 0 Å². The van der Waals surface area contributed by atoms with Crippen molar-refractivity contribution in [3.8, 4) is 0 Å². The van der Waals surface area contributed by atoms with Crippen LogP contribution in [0.2, 0.25) is 0 Å². The van der Waals surface area contributed by atoms with Crippen LogP contribution >= 0.6 is 0 Å². The molecule has 1 heterocycles. The van der Waals surface area contributed by atoms with E-state index >= 15 is 0 Å². The van der Waals surface area contributed by atoms with Gasteiger partial charge in [0.25, 0.3) is 0 Å². The van der Waals surface area contributed by atoms with E-state index in [4.69, 9.17) is 4.74 Å². The molecule has 1 aliphatic heterocycles. The van der Waals surface area contributed by atoms with Crippen LogP contribution in [0, 0.1) is 0 Å². The van der Waals surface area contributed by atoms with E-state index < -0.39 is 0 Å². The third-order valence-electron chi connectivity index (χ3n) is 0.769. The lowest BCUT2D eigenvalue weighted by molar-refractivity contribution is -0.463. The molecule has 3 N–H and O–H groups in total. The summed E-state index contributed by atoms with van der Waals surface area (Å²) >= 11 is 0. The molecule has 0 aliphatic carbocycles. The second-order valence-electron chi connectivity index (χ2n) is 1.39. The van der Waals surface area contributed by atoms with Crippen LogP contribution in [0.15, 0.2) is 24.5 Å². The van der Waals surface area contributed by atoms with E-state index in [1.807, 2.05) is 18.2 Å². The van der Waals surface area contributed by atoms with Crippen molar-refractivity contribution in [2.45, 2.75) is 6.23 Å². The van der Waals surface area contributed by atoms with Crippen molar-refractivity contribution in [1.29, 1.82) is 0 Å². The molecule has 0 aromatic rings. The van der Waals surface area contributed by atoms with Crippen molar-refractivity contribution in [3.63, 3.8) is 0 Å². The number of halogens is 1. The molecule has 1 aliphatic rings. The summed E-state index contributed by atoms with van der Waals surface area (Å²) in [6, 6.07) is 0. The van der Waals surface area contributed by atoms with Crippen molar-refractivity contribution in [2.75, 3.05) is 0 Å². The van der Waals surface area contributed by atoms with Crippen LogP contribution in [0.3, 0.4) is 0 Å². The van der Waals surface area contributed by atoms with Gasteiger partial charge in [0.2, 0.25) is 6.23 Å². The molecule has 1 atom stereocenters. The van der Waals surface area contributed by atoms with Gasteiger partial charge in [-0.05, 0) is 6.08 Å². The molecule has 0 fully saturated rings. The van der Waals surface area contributed by atoms with Crippen molar-refractivity contribution in [1.82, 2.24) is 0 Å². The molecule has 1 rings (SSSR count). The molecule has 3 heteroatoms. The minimum absolute atomic E-state index is 0. The maximum absolute atomic E-state index is 4.90. The predicted molar refractivity (Wildman–Crippen MR) is 26.0 cm³/mol. The molecule has 0 aromatic carbocycles. The summed E-state index contributed by atoms with van der Waals surface area (Å²) in [4.78, 5) is 0. The summed E-state index contributed by atoms with van der Waals surface area (Å²) < 4.78 is 4.90. The summed E-state index contributed by atoms with van der Waals surface area (Å²) in [5.41, 5.74) is 3.64. The number of hydrogen-bond acceptors (Lipinski definition) is 1. The minimum Gasteiger partial charge on any atom is -1.00 e. The largest absolute Gasteiger partial charge is 1.00 e. The summed E-state index contributed by atoms with van der Waals surface area (Å²) in [6.07, 6.45) is 7.30. The van der Waals surface area contributed by atoms with E-state index in [0.717, 1.165) is 0 Å². The molecule has 0 saturated carbocycles. The van der Waals surface area contributed by atoms with Crippen LogP contribution in [0.25, 0.3) is 0 Å². The molecule has 0 radical (unpaired) electrons. The first kappa shape index (κ1) is 7.97. The second-order valence-corrected chi connectivity index (χ2v) is 1.39. The van der Waals surface area contributed by atoms with Crippen LogP contribution in [0.1, 0.15) is 0 Å². The van der Waals surface area contributed by atoms with Gasteiger partial charge in [0, 0.05) is 6.08 Å². The Morgan fingerprint density at radius 1 is 1.38 bits per heavy atom. The first-order chi connectivity index (χ1) is 3.39. The van der Waals surface area contributed by atoms with Gasteiger partial charge in [-0.1, -0.05) is 6.08 Å². The number of rotatable bonds is 0. The molecular formula is C5H8INO. The van der Waals surface area contributed by atoms with Crippen LogP contribution in [-0.4, -0.2) is 6.23 Å². The standard InChI is InChI=1S/C5H7NO.HI/c6-5-3-1-2-4-7-5;/h1-5H,6H2;1H.